The van der Waals surface area contributed by atoms with Crippen molar-refractivity contribution >= 4 is 17.4 Å². The van der Waals surface area contributed by atoms with Crippen LogP contribution in [0.5, 0.6) is 17.2 Å². The molecule has 1 saturated carbocycles. The lowest BCUT2D eigenvalue weighted by atomic mass is 9.82. The predicted octanol–water partition coefficient (Wildman–Crippen LogP) is 5.66. The first-order valence-corrected chi connectivity index (χ1v) is 16.8. The lowest BCUT2D eigenvalue weighted by molar-refractivity contribution is -0.132. The van der Waals surface area contributed by atoms with E-state index in [1.165, 1.54) is 22.3 Å². The quantitative estimate of drug-likeness (QED) is 0.276. The molecule has 47 heavy (non-hydrogen) atoms. The van der Waals surface area contributed by atoms with E-state index >= 15 is 0 Å². The topological polar surface area (TPSA) is 80.3 Å². The number of methoxy groups -OCH3 is 1. The third-order valence-corrected chi connectivity index (χ3v) is 9.70. The molecule has 1 N–H and O–H groups in total. The van der Waals surface area contributed by atoms with Crippen molar-refractivity contribution in [3.8, 4) is 17.2 Å². The maximum Gasteiger partial charge on any atom is 0.252 e. The van der Waals surface area contributed by atoms with Crippen LogP contribution in [0.4, 0.5) is 0 Å². The first-order chi connectivity index (χ1) is 22.7. The van der Waals surface area contributed by atoms with E-state index in [1.54, 1.807) is 14.0 Å². The number of hydrogen-bond acceptors (Lipinski definition) is 6. The van der Waals surface area contributed by atoms with Gasteiger partial charge in [-0.25, -0.2) is 0 Å². The van der Waals surface area contributed by atoms with Crippen LogP contribution in [0, 0.1) is 20.8 Å². The highest BCUT2D eigenvalue weighted by atomic mass is 16.5. The number of carbonyl (C=O) groups is 2. The van der Waals surface area contributed by atoms with Crippen LogP contribution in [0.3, 0.4) is 0 Å². The van der Waals surface area contributed by atoms with E-state index in [-0.39, 0.29) is 29.9 Å². The second-order valence-corrected chi connectivity index (χ2v) is 13.2. The van der Waals surface area contributed by atoms with E-state index in [0.717, 1.165) is 53.2 Å². The van der Waals surface area contributed by atoms with Crippen LogP contribution in [-0.2, 0) is 16.0 Å². The smallest absolute Gasteiger partial charge is 0.252 e. The van der Waals surface area contributed by atoms with Crippen LogP contribution in [0.1, 0.15) is 54.0 Å². The summed E-state index contributed by atoms with van der Waals surface area (Å²) >= 11 is 0. The summed E-state index contributed by atoms with van der Waals surface area (Å²) in [5, 5.41) is 3.68. The molecular formula is C39H47N3O5. The molecule has 2 atom stereocenters. The van der Waals surface area contributed by atoms with Gasteiger partial charge in [-0.05, 0) is 104 Å². The Balaban J connectivity index is 1.20. The minimum Gasteiger partial charge on any atom is -0.497 e. The summed E-state index contributed by atoms with van der Waals surface area (Å²) in [7, 11) is 1.64. The van der Waals surface area contributed by atoms with Gasteiger partial charge in [0.25, 0.3) is 5.91 Å². The predicted molar refractivity (Wildman–Crippen MR) is 184 cm³/mol. The van der Waals surface area contributed by atoms with E-state index < -0.39 is 0 Å². The number of aryl methyl sites for hydroxylation is 2. The van der Waals surface area contributed by atoms with Gasteiger partial charge >= 0.3 is 0 Å². The molecule has 2 fully saturated rings. The maximum atomic E-state index is 14.5. The van der Waals surface area contributed by atoms with Crippen LogP contribution in [0.2, 0.25) is 0 Å². The van der Waals surface area contributed by atoms with Crippen LogP contribution in [0.15, 0.2) is 66.2 Å². The number of nitrogens with one attached hydrogen (secondary N) is 1. The van der Waals surface area contributed by atoms with E-state index in [2.05, 4.69) is 62.5 Å². The van der Waals surface area contributed by atoms with Gasteiger partial charge in [0.05, 0.1) is 26.3 Å². The molecule has 3 aliphatic rings. The molecule has 2 aliphatic heterocycles. The zero-order valence-corrected chi connectivity index (χ0v) is 28.3. The molecule has 1 saturated heterocycles. The molecule has 6 rings (SSSR count). The molecule has 248 valence electrons. The van der Waals surface area contributed by atoms with Crippen LogP contribution in [0.25, 0.3) is 5.57 Å². The van der Waals surface area contributed by atoms with Crippen LogP contribution >= 0.6 is 0 Å². The summed E-state index contributed by atoms with van der Waals surface area (Å²) < 4.78 is 17.5. The lowest BCUT2D eigenvalue weighted by Crippen LogP contribution is -2.62. The van der Waals surface area contributed by atoms with Crippen LogP contribution in [-0.4, -0.2) is 79.7 Å². The molecule has 2 heterocycles. The molecule has 0 unspecified atom stereocenters. The zero-order chi connectivity index (χ0) is 33.1. The number of rotatable bonds is 12. The molecule has 2 amide bonds. The van der Waals surface area contributed by atoms with Crippen molar-refractivity contribution in [2.24, 2.45) is 0 Å². The Morgan fingerprint density at radius 2 is 1.64 bits per heavy atom. The van der Waals surface area contributed by atoms with Crippen LogP contribution < -0.4 is 19.5 Å². The average molecular weight is 638 g/mol. The molecule has 0 radical (unpaired) electrons. The van der Waals surface area contributed by atoms with Crippen molar-refractivity contribution in [2.75, 3.05) is 40.0 Å². The summed E-state index contributed by atoms with van der Waals surface area (Å²) in [5.41, 5.74) is 7.76. The second-order valence-electron chi connectivity index (χ2n) is 13.2. The SMILES string of the molecule is COc1ccc(OCCN(C(=O)C2=C(c3ccc(CCOc4cc(C)cc(C)c4C)cc3)C[C@@H]3CN(C(C)=O)C[C@H]2N3)C2CC2)cc1. The zero-order valence-electron chi connectivity index (χ0n) is 28.3. The van der Waals surface area contributed by atoms with Crippen molar-refractivity contribution in [1.82, 2.24) is 15.1 Å². The Morgan fingerprint density at radius 3 is 2.32 bits per heavy atom. The number of fused-ring (bicyclic) bond motifs is 2. The standard InChI is InChI=1S/C39H47N3O5/c1-25-20-26(2)27(3)37(21-25)47-18-16-29-6-8-30(9-7-29)35-22-31-23-41(28(4)43)24-36(40-31)38(35)39(44)42(32-10-11-32)17-19-46-34-14-12-33(45-5)13-15-34/h6-9,12-15,20-21,31-32,36,40H,10-11,16-19,22-24H2,1-5H3/t31-,36-/m1/s1. The Morgan fingerprint density at radius 1 is 0.915 bits per heavy atom. The number of nitrogens with zero attached hydrogens (tertiary/aromatic N) is 2. The maximum absolute atomic E-state index is 14.5. The van der Waals surface area contributed by atoms with Gasteiger partial charge in [0.2, 0.25) is 5.91 Å². The molecule has 1 aliphatic carbocycles. The largest absolute Gasteiger partial charge is 0.497 e. The van der Waals surface area contributed by atoms with Gasteiger partial charge in [0.15, 0.2) is 0 Å². The number of amides is 2. The summed E-state index contributed by atoms with van der Waals surface area (Å²) in [6, 6.07) is 20.5. The highest BCUT2D eigenvalue weighted by Crippen LogP contribution is 2.37. The minimum absolute atomic E-state index is 0.0449. The van der Waals surface area contributed by atoms with Gasteiger partial charge in [-0.1, -0.05) is 30.3 Å². The Labute approximate surface area is 278 Å². The van der Waals surface area contributed by atoms with E-state index in [0.29, 0.717) is 39.3 Å². The first-order valence-electron chi connectivity index (χ1n) is 16.8. The third kappa shape index (κ3) is 7.65. The Bertz CT molecular complexity index is 1630. The van der Waals surface area contributed by atoms with Crippen molar-refractivity contribution in [3.05, 3.63) is 94.1 Å². The summed E-state index contributed by atoms with van der Waals surface area (Å²) in [6.07, 6.45) is 3.48. The summed E-state index contributed by atoms with van der Waals surface area (Å²) in [6.45, 7) is 10.6. The average Bonchev–Trinajstić information content (AvgIpc) is 3.91. The molecule has 2 bridgehead atoms. The number of carbonyl (C=O) groups excluding carboxylic acids is 2. The normalized spacial score (nSPS) is 19.0. The molecule has 3 aromatic rings. The molecule has 8 nitrogen and oxygen atoms in total. The monoisotopic (exact) mass is 637 g/mol. The molecule has 0 aromatic heterocycles. The number of piperazine rings is 1. The second kappa shape index (κ2) is 14.2. The van der Waals surface area contributed by atoms with Gasteiger partial charge in [-0.3, -0.25) is 9.59 Å². The van der Waals surface area contributed by atoms with Crippen molar-refractivity contribution in [1.29, 1.82) is 0 Å². The fraction of sp³-hybridized carbons (Fsp3) is 0.436. The van der Waals surface area contributed by atoms with Gasteiger partial charge in [0.1, 0.15) is 23.9 Å². The van der Waals surface area contributed by atoms with E-state index in [1.807, 2.05) is 34.1 Å². The molecule has 8 heteroatoms. The minimum atomic E-state index is -0.216. The molecule has 0 spiro atoms. The number of ether oxygens (including phenoxy) is 3. The van der Waals surface area contributed by atoms with Gasteiger partial charge in [-0.2, -0.15) is 0 Å². The number of hydrogen-bond donors (Lipinski definition) is 1. The van der Waals surface area contributed by atoms with Gasteiger partial charge < -0.3 is 29.3 Å². The van der Waals surface area contributed by atoms with Crippen molar-refractivity contribution in [3.63, 3.8) is 0 Å². The highest BCUT2D eigenvalue weighted by Gasteiger charge is 2.42. The first kappa shape index (κ1) is 32.6. The summed E-state index contributed by atoms with van der Waals surface area (Å²) in [5.74, 6) is 2.56. The fourth-order valence-corrected chi connectivity index (χ4v) is 6.85. The van der Waals surface area contributed by atoms with Gasteiger partial charge in [0, 0.05) is 44.1 Å². The molecular weight excluding hydrogens is 590 g/mol. The van der Waals surface area contributed by atoms with E-state index in [4.69, 9.17) is 14.2 Å². The van der Waals surface area contributed by atoms with Crippen molar-refractivity contribution in [2.45, 2.75) is 71.5 Å². The lowest BCUT2D eigenvalue weighted by Gasteiger charge is -2.44. The highest BCUT2D eigenvalue weighted by molar-refractivity contribution is 6.03. The number of benzene rings is 3. The Hall–Kier alpha value is -4.30. The molecule has 3 aromatic carbocycles. The summed E-state index contributed by atoms with van der Waals surface area (Å²) in [4.78, 5) is 30.8. The third-order valence-electron chi connectivity index (χ3n) is 9.70. The Kier molecular flexibility index (Phi) is 9.87. The fourth-order valence-electron chi connectivity index (χ4n) is 6.85. The van der Waals surface area contributed by atoms with Gasteiger partial charge in [-0.15, -0.1) is 0 Å². The van der Waals surface area contributed by atoms with E-state index in [9.17, 15) is 9.59 Å². The van der Waals surface area contributed by atoms with Crippen molar-refractivity contribution < 1.29 is 23.8 Å².